The Morgan fingerprint density at radius 3 is 2.55 bits per heavy atom. The van der Waals surface area contributed by atoms with Gasteiger partial charge in [0.1, 0.15) is 11.3 Å². The van der Waals surface area contributed by atoms with Crippen LogP contribution in [0.4, 0.5) is 4.39 Å². The molecule has 3 rings (SSSR count). The second-order valence-corrected chi connectivity index (χ2v) is 8.66. The number of esters is 1. The Kier molecular flexibility index (Phi) is 6.02. The minimum absolute atomic E-state index is 0.146. The second-order valence-electron chi connectivity index (χ2n) is 8.66. The predicted octanol–water partition coefficient (Wildman–Crippen LogP) is 4.77. The number of nitrogens with zero attached hydrogens (tertiary/aromatic N) is 2. The number of halogens is 1. The zero-order chi connectivity index (χ0) is 21.1. The second kappa shape index (κ2) is 8.32. The van der Waals surface area contributed by atoms with E-state index in [-0.39, 0.29) is 30.6 Å². The molecule has 0 saturated heterocycles. The van der Waals surface area contributed by atoms with Crippen LogP contribution in [0.25, 0.3) is 0 Å². The lowest BCUT2D eigenvalue weighted by atomic mass is 9.70. The highest BCUT2D eigenvalue weighted by Crippen LogP contribution is 2.45. The lowest BCUT2D eigenvalue weighted by Gasteiger charge is -2.37. The molecule has 1 heterocycles. The summed E-state index contributed by atoms with van der Waals surface area (Å²) in [6, 6.07) is 9.60. The molecule has 5 heteroatoms. The molecule has 3 atom stereocenters. The highest BCUT2D eigenvalue weighted by atomic mass is 19.1. The summed E-state index contributed by atoms with van der Waals surface area (Å²) < 4.78 is 21.3. The van der Waals surface area contributed by atoms with E-state index < -0.39 is 11.3 Å². The molecule has 1 saturated carbocycles. The number of ether oxygens (including phenoxy) is 1. The van der Waals surface area contributed by atoms with E-state index in [9.17, 15) is 4.79 Å². The van der Waals surface area contributed by atoms with Crippen LogP contribution in [0.2, 0.25) is 0 Å². The van der Waals surface area contributed by atoms with Crippen molar-refractivity contribution in [3.8, 4) is 11.8 Å². The number of hydrogen-bond acceptors (Lipinski definition) is 4. The van der Waals surface area contributed by atoms with E-state index in [1.807, 2.05) is 58.0 Å². The molecule has 0 amide bonds. The SMILES string of the molecule is Cc1cnc(C#CC2(F)CC[C@@H](C(=O)OC(C)(C)C)[C@H](c3ccccc3)C2)cn1. The Labute approximate surface area is 171 Å². The zero-order valence-electron chi connectivity index (χ0n) is 17.4. The maximum absolute atomic E-state index is 15.7. The number of benzene rings is 1. The lowest BCUT2D eigenvalue weighted by molar-refractivity contribution is -0.162. The van der Waals surface area contributed by atoms with Crippen LogP contribution in [0.1, 0.15) is 62.9 Å². The first-order valence-corrected chi connectivity index (χ1v) is 9.94. The molecule has 2 aromatic rings. The molecule has 0 bridgehead atoms. The molecule has 0 aliphatic heterocycles. The van der Waals surface area contributed by atoms with Crippen molar-refractivity contribution < 1.29 is 13.9 Å². The Balaban J connectivity index is 1.86. The lowest BCUT2D eigenvalue weighted by Crippen LogP contribution is -2.39. The fraction of sp³-hybridized carbons (Fsp3) is 0.458. The summed E-state index contributed by atoms with van der Waals surface area (Å²) >= 11 is 0. The Morgan fingerprint density at radius 2 is 1.93 bits per heavy atom. The Hall–Kier alpha value is -2.74. The van der Waals surface area contributed by atoms with E-state index in [0.29, 0.717) is 12.1 Å². The molecule has 0 N–H and O–H groups in total. The average molecular weight is 394 g/mol. The van der Waals surface area contributed by atoms with Crippen LogP contribution in [0.5, 0.6) is 0 Å². The number of hydrogen-bond donors (Lipinski definition) is 0. The average Bonchev–Trinajstić information content (AvgIpc) is 2.67. The molecular formula is C24H27FN2O2. The van der Waals surface area contributed by atoms with Crippen LogP contribution in [0.15, 0.2) is 42.7 Å². The quantitative estimate of drug-likeness (QED) is 0.544. The standard InChI is InChI=1S/C24H27FN2O2/c1-17-15-27-19(16-26-17)10-12-24(25)13-11-20(22(28)29-23(2,3)4)21(14-24)18-8-6-5-7-9-18/h5-9,15-16,20-21H,11,13-14H2,1-4H3/t20-,21+,24?/m1/s1. The molecule has 1 fully saturated rings. The van der Waals surface area contributed by atoms with Gasteiger partial charge in [0.05, 0.1) is 17.8 Å². The van der Waals surface area contributed by atoms with Crippen molar-refractivity contribution in [2.75, 3.05) is 0 Å². The smallest absolute Gasteiger partial charge is 0.310 e. The van der Waals surface area contributed by atoms with Gasteiger partial charge in [0.25, 0.3) is 0 Å². The summed E-state index contributed by atoms with van der Waals surface area (Å²) in [5, 5.41) is 0. The minimum atomic E-state index is -1.69. The van der Waals surface area contributed by atoms with Gasteiger partial charge in [0.2, 0.25) is 0 Å². The van der Waals surface area contributed by atoms with E-state index >= 15 is 4.39 Å². The monoisotopic (exact) mass is 394 g/mol. The third kappa shape index (κ3) is 5.63. The van der Waals surface area contributed by atoms with Gasteiger partial charge in [-0.25, -0.2) is 9.37 Å². The number of aromatic nitrogens is 2. The Bertz CT molecular complexity index is 910. The van der Waals surface area contributed by atoms with Crippen molar-refractivity contribution in [1.29, 1.82) is 0 Å². The molecule has 4 nitrogen and oxygen atoms in total. The number of rotatable bonds is 2. The van der Waals surface area contributed by atoms with E-state index in [2.05, 4.69) is 21.8 Å². The van der Waals surface area contributed by atoms with Gasteiger partial charge in [0, 0.05) is 18.5 Å². The van der Waals surface area contributed by atoms with Crippen LogP contribution in [0.3, 0.4) is 0 Å². The summed E-state index contributed by atoms with van der Waals surface area (Å²) in [6.07, 6.45) is 3.88. The topological polar surface area (TPSA) is 52.1 Å². The highest BCUT2D eigenvalue weighted by Gasteiger charge is 2.45. The van der Waals surface area contributed by atoms with Crippen LogP contribution in [-0.2, 0) is 9.53 Å². The van der Waals surface area contributed by atoms with Gasteiger partial charge in [-0.1, -0.05) is 36.3 Å². The summed E-state index contributed by atoms with van der Waals surface area (Å²) in [5.74, 6) is 4.64. The highest BCUT2D eigenvalue weighted by molar-refractivity contribution is 5.74. The van der Waals surface area contributed by atoms with Gasteiger partial charge in [-0.2, -0.15) is 0 Å². The molecule has 0 spiro atoms. The molecule has 152 valence electrons. The summed E-state index contributed by atoms with van der Waals surface area (Å²) in [6.45, 7) is 7.37. The number of aryl methyl sites for hydroxylation is 1. The third-order valence-electron chi connectivity index (χ3n) is 5.01. The van der Waals surface area contributed by atoms with E-state index in [4.69, 9.17) is 4.74 Å². The number of alkyl halides is 1. The van der Waals surface area contributed by atoms with Crippen molar-refractivity contribution in [2.24, 2.45) is 5.92 Å². The van der Waals surface area contributed by atoms with Crippen LogP contribution in [-0.4, -0.2) is 27.2 Å². The maximum Gasteiger partial charge on any atom is 0.310 e. The molecule has 1 aliphatic rings. The third-order valence-corrected chi connectivity index (χ3v) is 5.01. The van der Waals surface area contributed by atoms with E-state index in [0.717, 1.165) is 11.3 Å². The first-order chi connectivity index (χ1) is 13.7. The van der Waals surface area contributed by atoms with Gasteiger partial charge in [-0.05, 0) is 52.0 Å². The van der Waals surface area contributed by atoms with Crippen molar-refractivity contribution in [3.05, 3.63) is 59.7 Å². The fourth-order valence-electron chi connectivity index (χ4n) is 3.64. The maximum atomic E-state index is 15.7. The van der Waals surface area contributed by atoms with Crippen molar-refractivity contribution in [2.45, 2.75) is 64.1 Å². The number of carbonyl (C=O) groups excluding carboxylic acids is 1. The summed E-state index contributed by atoms with van der Waals surface area (Å²) in [4.78, 5) is 21.1. The molecule has 0 radical (unpaired) electrons. The fourth-order valence-corrected chi connectivity index (χ4v) is 3.64. The van der Waals surface area contributed by atoms with Gasteiger partial charge in [-0.3, -0.25) is 9.78 Å². The normalized spacial score (nSPS) is 24.3. The van der Waals surface area contributed by atoms with Crippen LogP contribution in [0, 0.1) is 24.7 Å². The predicted molar refractivity (Wildman–Crippen MR) is 110 cm³/mol. The van der Waals surface area contributed by atoms with Crippen molar-refractivity contribution >= 4 is 5.97 Å². The van der Waals surface area contributed by atoms with Crippen molar-refractivity contribution in [1.82, 2.24) is 9.97 Å². The molecule has 1 aromatic heterocycles. The number of carbonyl (C=O) groups is 1. The van der Waals surface area contributed by atoms with Crippen LogP contribution >= 0.6 is 0 Å². The molecular weight excluding hydrogens is 367 g/mol. The van der Waals surface area contributed by atoms with Gasteiger partial charge < -0.3 is 4.74 Å². The largest absolute Gasteiger partial charge is 0.460 e. The molecule has 1 aliphatic carbocycles. The Morgan fingerprint density at radius 1 is 1.21 bits per heavy atom. The van der Waals surface area contributed by atoms with Crippen LogP contribution < -0.4 is 0 Å². The van der Waals surface area contributed by atoms with E-state index in [1.165, 1.54) is 0 Å². The minimum Gasteiger partial charge on any atom is -0.460 e. The summed E-state index contributed by atoms with van der Waals surface area (Å²) in [5.41, 5.74) is -0.106. The van der Waals surface area contributed by atoms with Crippen molar-refractivity contribution in [3.63, 3.8) is 0 Å². The molecule has 1 unspecified atom stereocenters. The van der Waals surface area contributed by atoms with E-state index in [1.54, 1.807) is 12.4 Å². The first-order valence-electron chi connectivity index (χ1n) is 9.94. The first kappa shape index (κ1) is 21.0. The molecule has 1 aromatic carbocycles. The molecule has 29 heavy (non-hydrogen) atoms. The van der Waals surface area contributed by atoms with Gasteiger partial charge in [-0.15, -0.1) is 0 Å². The van der Waals surface area contributed by atoms with Gasteiger partial charge >= 0.3 is 5.97 Å². The van der Waals surface area contributed by atoms with Gasteiger partial charge in [0.15, 0.2) is 5.67 Å². The zero-order valence-corrected chi connectivity index (χ0v) is 17.4. The summed E-state index contributed by atoms with van der Waals surface area (Å²) in [7, 11) is 0.